The summed E-state index contributed by atoms with van der Waals surface area (Å²) in [6, 6.07) is 6.19. The predicted octanol–water partition coefficient (Wildman–Crippen LogP) is 2.85. The lowest BCUT2D eigenvalue weighted by Crippen LogP contribution is -2.31. The average Bonchev–Trinajstić information content (AvgIpc) is 3.54. The predicted molar refractivity (Wildman–Crippen MR) is 112 cm³/mol. The first kappa shape index (κ1) is 21.2. The first-order valence-corrected chi connectivity index (χ1v) is 10.9. The molecule has 1 saturated carbocycles. The molecule has 0 amide bonds. The number of benzene rings is 1. The Morgan fingerprint density at radius 3 is 2.66 bits per heavy atom. The molecule has 2 aromatic heterocycles. The molecule has 1 saturated heterocycles. The van der Waals surface area contributed by atoms with Crippen LogP contribution in [0.25, 0.3) is 11.2 Å². The molecule has 1 aromatic carbocycles. The van der Waals surface area contributed by atoms with Crippen LogP contribution in [0.3, 0.4) is 0 Å². The van der Waals surface area contributed by atoms with Crippen LogP contribution in [0, 0.1) is 5.82 Å². The zero-order valence-electron chi connectivity index (χ0n) is 17.4. The molecular weight excluding hydrogens is 420 g/mol. The fourth-order valence-electron chi connectivity index (χ4n) is 4.68. The Hall–Kier alpha value is -2.69. The minimum absolute atomic E-state index is 0.0878. The highest BCUT2D eigenvalue weighted by molar-refractivity contribution is 5.83. The Kier molecular flexibility index (Phi) is 5.75. The van der Waals surface area contributed by atoms with E-state index in [4.69, 9.17) is 4.74 Å². The average molecular weight is 445 g/mol. The summed E-state index contributed by atoms with van der Waals surface area (Å²) in [5.41, 5.74) is 1.09. The van der Waals surface area contributed by atoms with Gasteiger partial charge in [0.2, 0.25) is 0 Å². The van der Waals surface area contributed by atoms with Crippen LogP contribution in [-0.4, -0.2) is 54.1 Å². The van der Waals surface area contributed by atoms with Crippen molar-refractivity contribution >= 4 is 17.0 Å². The molecule has 0 spiro atoms. The fourth-order valence-corrected chi connectivity index (χ4v) is 4.68. The molecule has 4 atom stereocenters. The van der Waals surface area contributed by atoms with Gasteiger partial charge in [0.25, 0.3) is 0 Å². The summed E-state index contributed by atoms with van der Waals surface area (Å²) in [7, 11) is 0. The maximum atomic E-state index is 15.0. The zero-order chi connectivity index (χ0) is 22.2. The quantitative estimate of drug-likeness (QED) is 0.563. The Morgan fingerprint density at radius 2 is 1.88 bits per heavy atom. The van der Waals surface area contributed by atoms with E-state index in [2.05, 4.69) is 15.0 Å². The second kappa shape index (κ2) is 8.68. The molecule has 2 N–H and O–H groups in total. The van der Waals surface area contributed by atoms with Crippen LogP contribution >= 0.6 is 0 Å². The number of aryl methyl sites for hydroxylation is 1. The van der Waals surface area contributed by atoms with Crippen LogP contribution in [-0.2, 0) is 11.2 Å². The summed E-state index contributed by atoms with van der Waals surface area (Å²) in [6.45, 7) is 0. The van der Waals surface area contributed by atoms with Gasteiger partial charge in [-0.25, -0.2) is 19.3 Å². The van der Waals surface area contributed by atoms with Gasteiger partial charge in [-0.2, -0.15) is 5.12 Å². The maximum Gasteiger partial charge on any atom is 0.189 e. The van der Waals surface area contributed by atoms with Crippen molar-refractivity contribution in [3.63, 3.8) is 0 Å². The molecule has 8 nitrogen and oxygen atoms in total. The van der Waals surface area contributed by atoms with Gasteiger partial charge in [0.1, 0.15) is 24.4 Å². The van der Waals surface area contributed by atoms with E-state index in [-0.39, 0.29) is 23.2 Å². The van der Waals surface area contributed by atoms with Crippen LogP contribution in [0.1, 0.15) is 43.9 Å². The van der Waals surface area contributed by atoms with E-state index in [1.54, 1.807) is 18.2 Å². The molecule has 0 radical (unpaired) electrons. The number of ether oxygens (including phenoxy) is 1. The van der Waals surface area contributed by atoms with E-state index in [9.17, 15) is 19.1 Å². The standard InChI is InChI=1S/C22H25F2N5O3/c23-15-8-4-1-5-13(15)9-10-16-18(30)19(31)22(32-16)28-12-27-17-20(28)25-11-26-21(17)29(24)14-6-2-3-7-14/h1,4-5,8,11-12,14,16,18-19,22,30-31H,2-3,6-7,9-10H2/t16-,18-,19-,22-/m1/s1. The maximum absolute atomic E-state index is 15.0. The van der Waals surface area contributed by atoms with E-state index < -0.39 is 24.5 Å². The number of anilines is 1. The molecule has 2 aliphatic rings. The van der Waals surface area contributed by atoms with Gasteiger partial charge < -0.3 is 14.9 Å². The number of aliphatic hydroxyl groups excluding tert-OH is 2. The molecule has 2 fully saturated rings. The third-order valence-electron chi connectivity index (χ3n) is 6.45. The molecule has 5 rings (SSSR count). The minimum atomic E-state index is -1.24. The number of hydrogen-bond acceptors (Lipinski definition) is 7. The highest BCUT2D eigenvalue weighted by Gasteiger charge is 2.44. The van der Waals surface area contributed by atoms with Crippen molar-refractivity contribution in [2.75, 3.05) is 5.12 Å². The lowest BCUT2D eigenvalue weighted by atomic mass is 10.0. The van der Waals surface area contributed by atoms with Crippen molar-refractivity contribution in [2.45, 2.75) is 69.1 Å². The van der Waals surface area contributed by atoms with E-state index in [0.29, 0.717) is 29.2 Å². The van der Waals surface area contributed by atoms with Crippen molar-refractivity contribution in [2.24, 2.45) is 0 Å². The van der Waals surface area contributed by atoms with Crippen molar-refractivity contribution < 1.29 is 23.8 Å². The van der Waals surface area contributed by atoms with Crippen LogP contribution in [0.2, 0.25) is 0 Å². The van der Waals surface area contributed by atoms with Gasteiger partial charge in [0.05, 0.1) is 18.5 Å². The van der Waals surface area contributed by atoms with Crippen molar-refractivity contribution in [3.05, 3.63) is 48.3 Å². The van der Waals surface area contributed by atoms with Gasteiger partial charge in [-0.15, -0.1) is 0 Å². The summed E-state index contributed by atoms with van der Waals surface area (Å²) in [5.74, 6) is -0.232. The fraction of sp³-hybridized carbons (Fsp3) is 0.500. The summed E-state index contributed by atoms with van der Waals surface area (Å²) in [5, 5.41) is 21.8. The van der Waals surface area contributed by atoms with Crippen LogP contribution in [0.5, 0.6) is 0 Å². The second-order valence-electron chi connectivity index (χ2n) is 8.45. The molecule has 3 heterocycles. The number of rotatable bonds is 6. The first-order valence-electron chi connectivity index (χ1n) is 10.9. The van der Waals surface area contributed by atoms with E-state index in [1.165, 1.54) is 23.3 Å². The van der Waals surface area contributed by atoms with Gasteiger partial charge in [0.15, 0.2) is 23.2 Å². The summed E-state index contributed by atoms with van der Waals surface area (Å²) >= 11 is 0. The largest absolute Gasteiger partial charge is 0.388 e. The smallest absolute Gasteiger partial charge is 0.189 e. The third kappa shape index (κ3) is 3.72. The van der Waals surface area contributed by atoms with E-state index in [0.717, 1.165) is 25.7 Å². The summed E-state index contributed by atoms with van der Waals surface area (Å²) in [4.78, 5) is 12.6. The number of hydrogen-bond donors (Lipinski definition) is 2. The molecule has 32 heavy (non-hydrogen) atoms. The third-order valence-corrected chi connectivity index (χ3v) is 6.45. The lowest BCUT2D eigenvalue weighted by Gasteiger charge is -2.20. The number of aliphatic hydroxyl groups is 2. The van der Waals surface area contributed by atoms with Gasteiger partial charge in [-0.3, -0.25) is 4.57 Å². The zero-order valence-corrected chi connectivity index (χ0v) is 17.4. The highest BCUT2D eigenvalue weighted by atomic mass is 19.2. The van der Waals surface area contributed by atoms with E-state index in [1.807, 2.05) is 0 Å². The van der Waals surface area contributed by atoms with Crippen LogP contribution in [0.4, 0.5) is 14.7 Å². The second-order valence-corrected chi connectivity index (χ2v) is 8.45. The Balaban J connectivity index is 1.37. The van der Waals surface area contributed by atoms with Crippen molar-refractivity contribution in [1.29, 1.82) is 0 Å². The number of imidazole rings is 1. The van der Waals surface area contributed by atoms with Gasteiger partial charge in [0, 0.05) is 0 Å². The van der Waals surface area contributed by atoms with Gasteiger partial charge >= 0.3 is 0 Å². The molecule has 0 bridgehead atoms. The molecule has 0 unspecified atom stereocenters. The Bertz CT molecular complexity index is 1090. The minimum Gasteiger partial charge on any atom is -0.388 e. The summed E-state index contributed by atoms with van der Waals surface area (Å²) in [6.07, 6.45) is 2.72. The Labute approximate surface area is 183 Å². The van der Waals surface area contributed by atoms with Crippen molar-refractivity contribution in [3.8, 4) is 0 Å². The molecular formula is C22H25F2N5O3. The molecule has 170 valence electrons. The molecule has 10 heteroatoms. The molecule has 1 aliphatic heterocycles. The topological polar surface area (TPSA) is 96.5 Å². The van der Waals surface area contributed by atoms with E-state index >= 15 is 0 Å². The number of aromatic nitrogens is 4. The van der Waals surface area contributed by atoms with Crippen LogP contribution < -0.4 is 5.12 Å². The first-order chi connectivity index (χ1) is 15.5. The van der Waals surface area contributed by atoms with Gasteiger partial charge in [-0.05, 0) is 37.3 Å². The van der Waals surface area contributed by atoms with Gasteiger partial charge in [-0.1, -0.05) is 35.5 Å². The lowest BCUT2D eigenvalue weighted by molar-refractivity contribution is -0.0368. The number of halogens is 2. The van der Waals surface area contributed by atoms with Crippen molar-refractivity contribution in [1.82, 2.24) is 19.5 Å². The molecule has 3 aromatic rings. The normalized spacial score (nSPS) is 26.2. The highest BCUT2D eigenvalue weighted by Crippen LogP contribution is 2.36. The SMILES string of the molecule is O[C@@H]1[C@H](O)[C@@H](CCc2ccccc2F)O[C@H]1n1cnc2c(N(F)C3CCCC3)ncnc21. The monoisotopic (exact) mass is 445 g/mol. The van der Waals surface area contributed by atoms with Crippen LogP contribution in [0.15, 0.2) is 36.9 Å². The Morgan fingerprint density at radius 1 is 1.09 bits per heavy atom. The number of fused-ring (bicyclic) bond motifs is 1. The number of nitrogens with zero attached hydrogens (tertiary/aromatic N) is 5. The summed E-state index contributed by atoms with van der Waals surface area (Å²) < 4.78 is 36.3. The molecule has 1 aliphatic carbocycles.